The summed E-state index contributed by atoms with van der Waals surface area (Å²) < 4.78 is 0. The van der Waals surface area contributed by atoms with Crippen molar-refractivity contribution in [2.75, 3.05) is 12.4 Å². The molecular formula is C14H18N2S. The lowest BCUT2D eigenvalue weighted by molar-refractivity contribution is 1.45. The molecular weight excluding hydrogens is 228 g/mol. The van der Waals surface area contributed by atoms with E-state index in [0.29, 0.717) is 0 Å². The van der Waals surface area contributed by atoms with Crippen LogP contribution in [0.25, 0.3) is 6.08 Å². The zero-order valence-corrected chi connectivity index (χ0v) is 11.1. The SMILES string of the molecule is C=Cc1ccc(Nc2ccccc2C)s1.CN. The van der Waals surface area contributed by atoms with Gasteiger partial charge in [0, 0.05) is 10.6 Å². The fourth-order valence-electron chi connectivity index (χ4n) is 1.38. The van der Waals surface area contributed by atoms with Gasteiger partial charge < -0.3 is 11.1 Å². The Kier molecular flexibility index (Phi) is 5.46. The molecule has 3 N–H and O–H groups in total. The van der Waals surface area contributed by atoms with Crippen molar-refractivity contribution in [1.82, 2.24) is 0 Å². The van der Waals surface area contributed by atoms with Gasteiger partial charge in [0.15, 0.2) is 0 Å². The van der Waals surface area contributed by atoms with Crippen LogP contribution in [0.5, 0.6) is 0 Å². The molecule has 0 saturated carbocycles. The van der Waals surface area contributed by atoms with E-state index in [4.69, 9.17) is 0 Å². The third-order valence-electron chi connectivity index (χ3n) is 2.23. The summed E-state index contributed by atoms with van der Waals surface area (Å²) in [6, 6.07) is 12.4. The average Bonchev–Trinajstić information content (AvgIpc) is 2.82. The standard InChI is InChI=1S/C13H13NS.CH5N/c1-3-11-8-9-13(15-11)14-12-7-5-4-6-10(12)2;1-2/h3-9,14H,1H2,2H3;2H2,1H3. The maximum atomic E-state index is 4.50. The van der Waals surface area contributed by atoms with Gasteiger partial charge in [0.05, 0.1) is 5.00 Å². The van der Waals surface area contributed by atoms with Crippen molar-refractivity contribution in [2.24, 2.45) is 5.73 Å². The monoisotopic (exact) mass is 246 g/mol. The number of nitrogens with one attached hydrogen (secondary N) is 1. The lowest BCUT2D eigenvalue weighted by Crippen LogP contribution is -1.89. The molecule has 2 nitrogen and oxygen atoms in total. The van der Waals surface area contributed by atoms with Crippen LogP contribution in [0.1, 0.15) is 10.4 Å². The first-order chi connectivity index (χ1) is 8.29. The van der Waals surface area contributed by atoms with Crippen LogP contribution in [0.3, 0.4) is 0 Å². The number of aryl methyl sites for hydroxylation is 1. The molecule has 1 heterocycles. The Morgan fingerprint density at radius 2 is 1.88 bits per heavy atom. The zero-order chi connectivity index (χ0) is 12.7. The van der Waals surface area contributed by atoms with Crippen molar-refractivity contribution in [3.05, 3.63) is 53.4 Å². The topological polar surface area (TPSA) is 38.0 Å². The summed E-state index contributed by atoms with van der Waals surface area (Å²) in [5.41, 5.74) is 6.92. The third kappa shape index (κ3) is 3.73. The Labute approximate surface area is 107 Å². The van der Waals surface area contributed by atoms with Crippen LogP contribution in [0.15, 0.2) is 43.0 Å². The number of rotatable bonds is 3. The number of para-hydroxylation sites is 1. The number of hydrogen-bond donors (Lipinski definition) is 2. The molecule has 0 aliphatic rings. The Morgan fingerprint density at radius 1 is 1.18 bits per heavy atom. The quantitative estimate of drug-likeness (QED) is 0.858. The Balaban J connectivity index is 0.000000686. The van der Waals surface area contributed by atoms with Gasteiger partial charge in [-0.05, 0) is 37.7 Å². The van der Waals surface area contributed by atoms with Crippen molar-refractivity contribution in [3.63, 3.8) is 0 Å². The van der Waals surface area contributed by atoms with Gasteiger partial charge in [-0.25, -0.2) is 0 Å². The number of thiophene rings is 1. The molecule has 3 heteroatoms. The highest BCUT2D eigenvalue weighted by molar-refractivity contribution is 7.16. The van der Waals surface area contributed by atoms with Gasteiger partial charge in [0.25, 0.3) is 0 Å². The summed E-state index contributed by atoms with van der Waals surface area (Å²) >= 11 is 1.71. The van der Waals surface area contributed by atoms with Crippen molar-refractivity contribution >= 4 is 28.1 Å². The molecule has 1 aromatic carbocycles. The van der Waals surface area contributed by atoms with Gasteiger partial charge in [-0.3, -0.25) is 0 Å². The zero-order valence-electron chi connectivity index (χ0n) is 10.2. The number of anilines is 2. The number of benzene rings is 1. The van der Waals surface area contributed by atoms with Crippen LogP contribution in [0, 0.1) is 6.92 Å². The van der Waals surface area contributed by atoms with Crippen LogP contribution < -0.4 is 11.1 Å². The van der Waals surface area contributed by atoms with Gasteiger partial charge in [0.1, 0.15) is 0 Å². The van der Waals surface area contributed by atoms with Crippen LogP contribution in [0.4, 0.5) is 10.7 Å². The molecule has 0 aliphatic carbocycles. The maximum Gasteiger partial charge on any atom is 0.0932 e. The minimum atomic E-state index is 1.15. The van der Waals surface area contributed by atoms with Crippen LogP contribution in [0.2, 0.25) is 0 Å². The molecule has 2 aromatic rings. The highest BCUT2D eigenvalue weighted by Gasteiger charge is 1.99. The molecule has 0 amide bonds. The second-order valence-corrected chi connectivity index (χ2v) is 4.46. The van der Waals surface area contributed by atoms with Crippen LogP contribution in [-0.4, -0.2) is 7.05 Å². The molecule has 0 radical (unpaired) electrons. The van der Waals surface area contributed by atoms with Gasteiger partial charge in [0.2, 0.25) is 0 Å². The van der Waals surface area contributed by atoms with E-state index >= 15 is 0 Å². The molecule has 90 valence electrons. The molecule has 2 rings (SSSR count). The van der Waals surface area contributed by atoms with E-state index in [2.05, 4.69) is 48.8 Å². The first kappa shape index (κ1) is 13.5. The first-order valence-electron chi connectivity index (χ1n) is 5.42. The van der Waals surface area contributed by atoms with Crippen LogP contribution in [-0.2, 0) is 0 Å². The van der Waals surface area contributed by atoms with Gasteiger partial charge in [-0.15, -0.1) is 11.3 Å². The van der Waals surface area contributed by atoms with Gasteiger partial charge in [-0.2, -0.15) is 0 Å². The first-order valence-corrected chi connectivity index (χ1v) is 6.24. The van der Waals surface area contributed by atoms with Gasteiger partial charge >= 0.3 is 0 Å². The lowest BCUT2D eigenvalue weighted by Gasteiger charge is -2.06. The molecule has 0 spiro atoms. The second kappa shape index (κ2) is 6.89. The second-order valence-electron chi connectivity index (χ2n) is 3.35. The molecule has 0 fully saturated rings. The maximum absolute atomic E-state index is 4.50. The van der Waals surface area contributed by atoms with Crippen molar-refractivity contribution in [1.29, 1.82) is 0 Å². The molecule has 17 heavy (non-hydrogen) atoms. The molecule has 0 aliphatic heterocycles. The Hall–Kier alpha value is -1.58. The van der Waals surface area contributed by atoms with E-state index in [9.17, 15) is 0 Å². The highest BCUT2D eigenvalue weighted by atomic mass is 32.1. The Bertz CT molecular complexity index is 475. The minimum Gasteiger partial charge on any atom is -0.347 e. The molecule has 0 saturated heterocycles. The predicted octanol–water partition coefficient (Wildman–Crippen LogP) is 4.02. The third-order valence-corrected chi connectivity index (χ3v) is 3.23. The number of nitrogens with two attached hydrogens (primary N) is 1. The molecule has 0 unspecified atom stereocenters. The smallest absolute Gasteiger partial charge is 0.0932 e. The summed E-state index contributed by atoms with van der Waals surface area (Å²) in [7, 11) is 1.50. The van der Waals surface area contributed by atoms with E-state index in [1.54, 1.807) is 11.3 Å². The van der Waals surface area contributed by atoms with E-state index in [1.165, 1.54) is 17.5 Å². The Morgan fingerprint density at radius 3 is 2.47 bits per heavy atom. The van der Waals surface area contributed by atoms with E-state index < -0.39 is 0 Å². The molecule has 1 aromatic heterocycles. The summed E-state index contributed by atoms with van der Waals surface area (Å²) in [6.07, 6.45) is 1.87. The summed E-state index contributed by atoms with van der Waals surface area (Å²) in [6.45, 7) is 5.85. The predicted molar refractivity (Wildman–Crippen MR) is 79.0 cm³/mol. The average molecular weight is 246 g/mol. The van der Waals surface area contributed by atoms with Crippen molar-refractivity contribution < 1.29 is 0 Å². The fraction of sp³-hybridized carbons (Fsp3) is 0.143. The normalized spacial score (nSPS) is 9.12. The number of hydrogen-bond acceptors (Lipinski definition) is 3. The minimum absolute atomic E-state index is 1.15. The van der Waals surface area contributed by atoms with E-state index in [1.807, 2.05) is 18.2 Å². The van der Waals surface area contributed by atoms with Gasteiger partial charge in [-0.1, -0.05) is 30.9 Å². The largest absolute Gasteiger partial charge is 0.347 e. The fourth-order valence-corrected chi connectivity index (χ4v) is 2.15. The summed E-state index contributed by atoms with van der Waals surface area (Å²) in [5, 5.41) is 4.55. The van der Waals surface area contributed by atoms with Crippen molar-refractivity contribution in [3.8, 4) is 0 Å². The summed E-state index contributed by atoms with van der Waals surface area (Å²) in [5.74, 6) is 0. The van der Waals surface area contributed by atoms with E-state index in [0.717, 1.165) is 10.7 Å². The van der Waals surface area contributed by atoms with Crippen molar-refractivity contribution in [2.45, 2.75) is 6.92 Å². The summed E-state index contributed by atoms with van der Waals surface area (Å²) in [4.78, 5) is 1.19. The van der Waals surface area contributed by atoms with Crippen LogP contribution >= 0.6 is 11.3 Å². The van der Waals surface area contributed by atoms with E-state index in [-0.39, 0.29) is 0 Å². The molecule has 0 atom stereocenters. The highest BCUT2D eigenvalue weighted by Crippen LogP contribution is 2.27. The lowest BCUT2D eigenvalue weighted by atomic mass is 10.2. The molecule has 0 bridgehead atoms.